The first-order valence-electron chi connectivity index (χ1n) is 7.72. The summed E-state index contributed by atoms with van der Waals surface area (Å²) in [4.78, 5) is 22.4. The van der Waals surface area contributed by atoms with Gasteiger partial charge in [0.15, 0.2) is 0 Å². The van der Waals surface area contributed by atoms with Crippen LogP contribution in [-0.4, -0.2) is 25.2 Å². The predicted octanol–water partition coefficient (Wildman–Crippen LogP) is 3.79. The van der Waals surface area contributed by atoms with Crippen LogP contribution in [0.25, 0.3) is 0 Å². The normalized spacial score (nSPS) is 10.7. The lowest BCUT2D eigenvalue weighted by molar-refractivity contribution is -0.140. The summed E-state index contributed by atoms with van der Waals surface area (Å²) in [7, 11) is 0. The van der Waals surface area contributed by atoms with Crippen molar-refractivity contribution in [1.29, 1.82) is 0 Å². The monoisotopic (exact) mass is 284 g/mol. The second kappa shape index (κ2) is 14.1. The SMILES string of the molecule is CCCCCCCCCOC(=O)/C=C/C(=O)OCCC. The third-order valence-electron chi connectivity index (χ3n) is 2.80. The molecule has 0 amide bonds. The van der Waals surface area contributed by atoms with Crippen molar-refractivity contribution < 1.29 is 19.1 Å². The molecule has 0 saturated heterocycles. The van der Waals surface area contributed by atoms with Crippen LogP contribution in [0.3, 0.4) is 0 Å². The molecule has 0 aliphatic carbocycles. The van der Waals surface area contributed by atoms with Crippen LogP contribution in [0, 0.1) is 0 Å². The maximum Gasteiger partial charge on any atom is 0.331 e. The van der Waals surface area contributed by atoms with Crippen molar-refractivity contribution in [3.05, 3.63) is 12.2 Å². The van der Waals surface area contributed by atoms with Crippen molar-refractivity contribution in [3.63, 3.8) is 0 Å². The van der Waals surface area contributed by atoms with Gasteiger partial charge in [-0.25, -0.2) is 9.59 Å². The molecule has 0 saturated carbocycles. The molecule has 0 aromatic rings. The molecule has 4 nitrogen and oxygen atoms in total. The van der Waals surface area contributed by atoms with Crippen molar-refractivity contribution in [2.24, 2.45) is 0 Å². The van der Waals surface area contributed by atoms with Gasteiger partial charge in [0.05, 0.1) is 13.2 Å². The Balaban J connectivity index is 3.44. The fraction of sp³-hybridized carbons (Fsp3) is 0.750. The van der Waals surface area contributed by atoms with Gasteiger partial charge in [0.2, 0.25) is 0 Å². The third kappa shape index (κ3) is 13.1. The van der Waals surface area contributed by atoms with Crippen molar-refractivity contribution in [2.75, 3.05) is 13.2 Å². The molecule has 20 heavy (non-hydrogen) atoms. The van der Waals surface area contributed by atoms with Gasteiger partial charge < -0.3 is 9.47 Å². The zero-order chi connectivity index (χ0) is 15.1. The van der Waals surface area contributed by atoms with Crippen LogP contribution in [-0.2, 0) is 19.1 Å². The number of hydrogen-bond acceptors (Lipinski definition) is 4. The molecular weight excluding hydrogens is 256 g/mol. The Morgan fingerprint density at radius 3 is 1.75 bits per heavy atom. The highest BCUT2D eigenvalue weighted by atomic mass is 16.5. The fourth-order valence-corrected chi connectivity index (χ4v) is 1.67. The topological polar surface area (TPSA) is 52.6 Å². The van der Waals surface area contributed by atoms with Gasteiger partial charge in [-0.15, -0.1) is 0 Å². The van der Waals surface area contributed by atoms with E-state index >= 15 is 0 Å². The highest BCUT2D eigenvalue weighted by Gasteiger charge is 2.00. The van der Waals surface area contributed by atoms with E-state index in [4.69, 9.17) is 9.47 Å². The number of hydrogen-bond donors (Lipinski definition) is 0. The van der Waals surface area contributed by atoms with Crippen LogP contribution < -0.4 is 0 Å². The minimum Gasteiger partial charge on any atom is -0.463 e. The summed E-state index contributed by atoms with van der Waals surface area (Å²) in [5.41, 5.74) is 0. The summed E-state index contributed by atoms with van der Waals surface area (Å²) in [5, 5.41) is 0. The predicted molar refractivity (Wildman–Crippen MR) is 79.3 cm³/mol. The molecule has 0 aliphatic heterocycles. The molecule has 0 aliphatic rings. The summed E-state index contributed by atoms with van der Waals surface area (Å²) >= 11 is 0. The van der Waals surface area contributed by atoms with Crippen LogP contribution in [0.2, 0.25) is 0 Å². The van der Waals surface area contributed by atoms with Crippen molar-refractivity contribution in [1.82, 2.24) is 0 Å². The smallest absolute Gasteiger partial charge is 0.331 e. The maximum absolute atomic E-state index is 11.3. The molecule has 0 radical (unpaired) electrons. The number of carbonyl (C=O) groups excluding carboxylic acids is 2. The van der Waals surface area contributed by atoms with Gasteiger partial charge in [0.1, 0.15) is 0 Å². The Morgan fingerprint density at radius 2 is 1.20 bits per heavy atom. The van der Waals surface area contributed by atoms with E-state index in [2.05, 4.69) is 6.92 Å². The Labute approximate surface area is 122 Å². The van der Waals surface area contributed by atoms with E-state index in [-0.39, 0.29) is 0 Å². The standard InChI is InChI=1S/C16H28O4/c1-3-5-6-7-8-9-10-14-20-16(18)12-11-15(17)19-13-4-2/h11-12H,3-10,13-14H2,1-2H3/b12-11+. The summed E-state index contributed by atoms with van der Waals surface area (Å²) in [6, 6.07) is 0. The molecule has 0 aromatic heterocycles. The Morgan fingerprint density at radius 1 is 0.700 bits per heavy atom. The molecule has 0 unspecified atom stereocenters. The molecule has 116 valence electrons. The quantitative estimate of drug-likeness (QED) is 0.311. The molecule has 0 spiro atoms. The second-order valence-corrected chi connectivity index (χ2v) is 4.79. The lowest BCUT2D eigenvalue weighted by Crippen LogP contribution is -2.05. The Hall–Kier alpha value is -1.32. The average molecular weight is 284 g/mol. The number of unbranched alkanes of at least 4 members (excludes halogenated alkanes) is 6. The number of rotatable bonds is 12. The maximum atomic E-state index is 11.3. The zero-order valence-electron chi connectivity index (χ0n) is 12.9. The number of carbonyl (C=O) groups is 2. The second-order valence-electron chi connectivity index (χ2n) is 4.79. The Kier molecular flexibility index (Phi) is 13.2. The molecule has 4 heteroatoms. The van der Waals surface area contributed by atoms with E-state index < -0.39 is 11.9 Å². The first-order chi connectivity index (χ1) is 9.70. The van der Waals surface area contributed by atoms with E-state index in [1.807, 2.05) is 6.92 Å². The highest BCUT2D eigenvalue weighted by Crippen LogP contribution is 2.06. The van der Waals surface area contributed by atoms with Crippen LogP contribution >= 0.6 is 0 Å². The van der Waals surface area contributed by atoms with Crippen LogP contribution in [0.1, 0.15) is 65.2 Å². The van der Waals surface area contributed by atoms with E-state index in [9.17, 15) is 9.59 Å². The summed E-state index contributed by atoms with van der Waals surface area (Å²) in [6.07, 6.45) is 11.3. The van der Waals surface area contributed by atoms with Gasteiger partial charge in [-0.2, -0.15) is 0 Å². The largest absolute Gasteiger partial charge is 0.463 e. The zero-order valence-corrected chi connectivity index (χ0v) is 12.9. The molecule has 0 rings (SSSR count). The minimum absolute atomic E-state index is 0.371. The van der Waals surface area contributed by atoms with Crippen LogP contribution in [0.15, 0.2) is 12.2 Å². The van der Waals surface area contributed by atoms with E-state index in [0.29, 0.717) is 13.2 Å². The highest BCUT2D eigenvalue weighted by molar-refractivity contribution is 5.91. The number of ether oxygens (including phenoxy) is 2. The summed E-state index contributed by atoms with van der Waals surface area (Å²) in [5.74, 6) is -0.982. The van der Waals surface area contributed by atoms with Crippen molar-refractivity contribution in [3.8, 4) is 0 Å². The van der Waals surface area contributed by atoms with Gasteiger partial charge >= 0.3 is 11.9 Å². The lowest BCUT2D eigenvalue weighted by Gasteiger charge is -2.02. The van der Waals surface area contributed by atoms with E-state index in [0.717, 1.165) is 31.4 Å². The molecule has 0 atom stereocenters. The van der Waals surface area contributed by atoms with Gasteiger partial charge in [-0.05, 0) is 12.8 Å². The minimum atomic E-state index is -0.500. The van der Waals surface area contributed by atoms with Crippen LogP contribution in [0.4, 0.5) is 0 Å². The molecule has 0 N–H and O–H groups in total. The van der Waals surface area contributed by atoms with E-state index in [1.165, 1.54) is 32.1 Å². The first-order valence-corrected chi connectivity index (χ1v) is 7.72. The van der Waals surface area contributed by atoms with Crippen molar-refractivity contribution in [2.45, 2.75) is 65.2 Å². The summed E-state index contributed by atoms with van der Waals surface area (Å²) < 4.78 is 9.79. The van der Waals surface area contributed by atoms with E-state index in [1.54, 1.807) is 0 Å². The average Bonchev–Trinajstić information content (AvgIpc) is 2.45. The molecule has 0 fully saturated rings. The van der Waals surface area contributed by atoms with Gasteiger partial charge in [-0.3, -0.25) is 0 Å². The van der Waals surface area contributed by atoms with Crippen LogP contribution in [0.5, 0.6) is 0 Å². The van der Waals surface area contributed by atoms with Gasteiger partial charge in [0.25, 0.3) is 0 Å². The lowest BCUT2D eigenvalue weighted by atomic mass is 10.1. The molecule has 0 aromatic carbocycles. The first kappa shape index (κ1) is 18.7. The molecule has 0 heterocycles. The van der Waals surface area contributed by atoms with Gasteiger partial charge in [0, 0.05) is 12.2 Å². The number of esters is 2. The third-order valence-corrected chi connectivity index (χ3v) is 2.80. The molecular formula is C16H28O4. The van der Waals surface area contributed by atoms with Crippen molar-refractivity contribution >= 4 is 11.9 Å². The summed E-state index contributed by atoms with van der Waals surface area (Å²) in [6.45, 7) is 4.90. The molecule has 0 bridgehead atoms. The Bertz CT molecular complexity index is 284. The fourth-order valence-electron chi connectivity index (χ4n) is 1.67. The van der Waals surface area contributed by atoms with Gasteiger partial charge in [-0.1, -0.05) is 52.4 Å².